The maximum absolute atomic E-state index is 6.88. The van der Waals surface area contributed by atoms with Gasteiger partial charge in [0.2, 0.25) is 11.5 Å². The van der Waals surface area contributed by atoms with E-state index in [2.05, 4.69) is 78.5 Å². The van der Waals surface area contributed by atoms with Crippen LogP contribution < -0.4 is 28.4 Å². The molecule has 0 aliphatic carbocycles. The van der Waals surface area contributed by atoms with Crippen LogP contribution in [0, 0.1) is 0 Å². The van der Waals surface area contributed by atoms with Crippen molar-refractivity contribution in [3.8, 4) is 46.0 Å². The second-order valence-corrected chi connectivity index (χ2v) is 12.4. The van der Waals surface area contributed by atoms with E-state index in [0.29, 0.717) is 34.5 Å². The van der Waals surface area contributed by atoms with Crippen molar-refractivity contribution in [3.63, 3.8) is 0 Å². The van der Waals surface area contributed by atoms with E-state index in [1.807, 2.05) is 6.07 Å². The number of rotatable bonds is 4. The summed E-state index contributed by atoms with van der Waals surface area (Å²) in [6.45, 7) is 1.85. The molecule has 0 spiro atoms. The summed E-state index contributed by atoms with van der Waals surface area (Å²) in [7, 11) is 11.1. The Labute approximate surface area is 271 Å². The lowest BCUT2D eigenvalue weighted by Crippen LogP contribution is -2.34. The Morgan fingerprint density at radius 1 is 0.587 bits per heavy atom. The number of benzene rings is 4. The molecule has 0 amide bonds. The number of nitrogens with zero attached hydrogens (tertiary/aromatic N) is 2. The van der Waals surface area contributed by atoms with E-state index < -0.39 is 0 Å². The predicted molar refractivity (Wildman–Crippen MR) is 178 cm³/mol. The molecule has 0 fully saturated rings. The highest BCUT2D eigenvalue weighted by Crippen LogP contribution is 2.52. The van der Waals surface area contributed by atoms with Crippen molar-refractivity contribution in [2.75, 3.05) is 55.6 Å². The summed E-state index contributed by atoms with van der Waals surface area (Å²) in [6.07, 6.45) is 3.33. The Morgan fingerprint density at radius 2 is 1.11 bits per heavy atom. The molecule has 4 heterocycles. The van der Waals surface area contributed by atoms with Crippen LogP contribution in [0.3, 0.4) is 0 Å². The van der Waals surface area contributed by atoms with Crippen molar-refractivity contribution >= 4 is 0 Å². The number of ether oxygens (including phenoxy) is 6. The second-order valence-electron chi connectivity index (χ2n) is 12.4. The maximum atomic E-state index is 6.88. The van der Waals surface area contributed by atoms with E-state index in [0.717, 1.165) is 67.0 Å². The molecular formula is C38H42N2O6. The highest BCUT2D eigenvalue weighted by Gasteiger charge is 2.35. The molecule has 240 valence electrons. The lowest BCUT2D eigenvalue weighted by atomic mass is 9.87. The minimum absolute atomic E-state index is 0.0425. The van der Waals surface area contributed by atoms with Crippen LogP contribution in [0.15, 0.2) is 60.7 Å². The van der Waals surface area contributed by atoms with Crippen LogP contribution in [0.4, 0.5) is 0 Å². The molecule has 8 nitrogen and oxygen atoms in total. The molecule has 0 saturated heterocycles. The Hall–Kier alpha value is -4.40. The summed E-state index contributed by atoms with van der Waals surface area (Å²) in [5.74, 6) is 5.51. The highest BCUT2D eigenvalue weighted by atomic mass is 16.5. The third kappa shape index (κ3) is 5.29. The Balaban J connectivity index is 1.44. The molecule has 4 bridgehead atoms. The summed E-state index contributed by atoms with van der Waals surface area (Å²) in [6, 6.07) is 21.2. The maximum Gasteiger partial charge on any atom is 0.204 e. The number of methoxy groups -OCH3 is 4. The second kappa shape index (κ2) is 12.4. The van der Waals surface area contributed by atoms with Crippen molar-refractivity contribution in [1.82, 2.24) is 9.80 Å². The molecule has 0 unspecified atom stereocenters. The molecular weight excluding hydrogens is 580 g/mol. The van der Waals surface area contributed by atoms with Gasteiger partial charge in [-0.05, 0) is 98.4 Å². The Kier molecular flexibility index (Phi) is 8.17. The summed E-state index contributed by atoms with van der Waals surface area (Å²) in [5, 5.41) is 0. The van der Waals surface area contributed by atoms with Gasteiger partial charge in [0, 0.05) is 36.3 Å². The van der Waals surface area contributed by atoms with Crippen LogP contribution >= 0.6 is 0 Å². The molecule has 0 N–H and O–H groups in total. The van der Waals surface area contributed by atoms with E-state index in [1.165, 1.54) is 16.7 Å². The first kappa shape index (κ1) is 30.3. The van der Waals surface area contributed by atoms with Crippen LogP contribution in [0.5, 0.6) is 46.0 Å². The monoisotopic (exact) mass is 622 g/mol. The third-order valence-corrected chi connectivity index (χ3v) is 9.82. The first-order chi connectivity index (χ1) is 22.4. The van der Waals surface area contributed by atoms with Crippen LogP contribution in [0.2, 0.25) is 0 Å². The zero-order valence-corrected chi connectivity index (χ0v) is 27.5. The highest BCUT2D eigenvalue weighted by molar-refractivity contribution is 5.64. The quantitative estimate of drug-likeness (QED) is 0.238. The van der Waals surface area contributed by atoms with Gasteiger partial charge in [-0.15, -0.1) is 0 Å². The molecule has 4 aromatic carbocycles. The van der Waals surface area contributed by atoms with Crippen molar-refractivity contribution in [2.45, 2.75) is 37.8 Å². The van der Waals surface area contributed by atoms with E-state index in [4.69, 9.17) is 28.4 Å². The first-order valence-electron chi connectivity index (χ1n) is 15.9. The summed E-state index contributed by atoms with van der Waals surface area (Å²) in [5.41, 5.74) is 7.04. The third-order valence-electron chi connectivity index (χ3n) is 9.82. The van der Waals surface area contributed by atoms with Gasteiger partial charge in [-0.2, -0.15) is 0 Å². The zero-order chi connectivity index (χ0) is 31.9. The molecule has 0 saturated carbocycles. The number of hydrogen-bond acceptors (Lipinski definition) is 8. The van der Waals surface area contributed by atoms with Crippen LogP contribution in [-0.2, 0) is 25.7 Å². The largest absolute Gasteiger partial charge is 0.493 e. The average molecular weight is 623 g/mol. The van der Waals surface area contributed by atoms with Crippen LogP contribution in [-0.4, -0.2) is 65.4 Å². The van der Waals surface area contributed by atoms with Gasteiger partial charge in [-0.1, -0.05) is 24.3 Å². The van der Waals surface area contributed by atoms with E-state index in [9.17, 15) is 0 Å². The van der Waals surface area contributed by atoms with Gasteiger partial charge in [0.05, 0.1) is 28.4 Å². The fourth-order valence-corrected chi connectivity index (χ4v) is 7.37. The fraction of sp³-hybridized carbons (Fsp3) is 0.368. The fourth-order valence-electron chi connectivity index (χ4n) is 7.37. The minimum atomic E-state index is 0.0425. The lowest BCUT2D eigenvalue weighted by Gasteiger charge is -2.37. The van der Waals surface area contributed by atoms with Crippen LogP contribution in [0.1, 0.15) is 45.5 Å². The number of hydrogen-bond donors (Lipinski definition) is 0. The molecule has 8 heteroatoms. The molecule has 4 aliphatic heterocycles. The molecule has 0 aromatic heterocycles. The Morgan fingerprint density at radius 3 is 1.63 bits per heavy atom. The topological polar surface area (TPSA) is 61.9 Å². The van der Waals surface area contributed by atoms with Gasteiger partial charge in [0.15, 0.2) is 23.0 Å². The van der Waals surface area contributed by atoms with Gasteiger partial charge in [-0.3, -0.25) is 9.80 Å². The van der Waals surface area contributed by atoms with Crippen molar-refractivity contribution < 1.29 is 28.4 Å². The summed E-state index contributed by atoms with van der Waals surface area (Å²) >= 11 is 0. The standard InChI is InChI=1S/C38H42N2O6/c1-39-16-14-25-21-32(42-4)36(44-6)38-33(25)29(39)19-23-10-12-27(13-11-23)45-37-34-26(22-31(41-3)35(37)43-5)15-17-40(2)30(34)20-24-8-7-9-28(18-24)46-38/h7-13,18,21-22,29-30H,14-17,19-20H2,1-6H3/t29-,30-/m1/s1. The average Bonchev–Trinajstić information content (AvgIpc) is 3.07. The normalized spacial score (nSPS) is 19.2. The summed E-state index contributed by atoms with van der Waals surface area (Å²) in [4.78, 5) is 4.80. The lowest BCUT2D eigenvalue weighted by molar-refractivity contribution is 0.221. The van der Waals surface area contributed by atoms with Gasteiger partial charge in [0.25, 0.3) is 0 Å². The number of likely N-dealkylation sites (N-methyl/N-ethyl adjacent to an activating group) is 2. The molecule has 2 atom stereocenters. The van der Waals surface area contributed by atoms with E-state index in [1.54, 1.807) is 28.4 Å². The Bertz CT molecular complexity index is 1750. The smallest absolute Gasteiger partial charge is 0.204 e. The van der Waals surface area contributed by atoms with Crippen molar-refractivity contribution in [1.29, 1.82) is 0 Å². The van der Waals surface area contributed by atoms with Gasteiger partial charge in [0.1, 0.15) is 11.5 Å². The van der Waals surface area contributed by atoms with E-state index in [-0.39, 0.29) is 12.1 Å². The van der Waals surface area contributed by atoms with Crippen LogP contribution in [0.25, 0.3) is 0 Å². The molecule has 46 heavy (non-hydrogen) atoms. The molecule has 4 aromatic rings. The van der Waals surface area contributed by atoms with Crippen molar-refractivity contribution in [2.24, 2.45) is 0 Å². The zero-order valence-electron chi connectivity index (χ0n) is 27.5. The van der Waals surface area contributed by atoms with Gasteiger partial charge < -0.3 is 28.4 Å². The first-order valence-corrected chi connectivity index (χ1v) is 15.9. The molecule has 0 radical (unpaired) electrons. The van der Waals surface area contributed by atoms with Gasteiger partial charge >= 0.3 is 0 Å². The summed E-state index contributed by atoms with van der Waals surface area (Å²) < 4.78 is 37.2. The number of fused-ring (bicyclic) bond motifs is 2. The molecule has 4 aliphatic rings. The molecule has 8 rings (SSSR count). The van der Waals surface area contributed by atoms with Crippen molar-refractivity contribution in [3.05, 3.63) is 94.0 Å². The van der Waals surface area contributed by atoms with Gasteiger partial charge in [-0.25, -0.2) is 0 Å². The predicted octanol–water partition coefficient (Wildman–Crippen LogP) is 7.16. The SMILES string of the molecule is COc1cc2c3c(c1OC)Oc1ccc(cc1)C[C@@H]1c4c(cc(OC)c(OC)c4Oc4cccc(c4)C[C@H]3N(C)CC2)CCN1C. The minimum Gasteiger partial charge on any atom is -0.493 e. The van der Waals surface area contributed by atoms with E-state index >= 15 is 0 Å².